The van der Waals surface area contributed by atoms with Crippen LogP contribution >= 0.6 is 0 Å². The summed E-state index contributed by atoms with van der Waals surface area (Å²) in [7, 11) is 3.13. The minimum Gasteiger partial charge on any atom is -0.493 e. The van der Waals surface area contributed by atoms with Crippen molar-refractivity contribution in [2.24, 2.45) is 11.0 Å². The number of hydrogen-bond acceptors (Lipinski definition) is 8. The molecular formula is C28H32N6O3. The Kier molecular flexibility index (Phi) is 7.71. The third kappa shape index (κ3) is 5.72. The van der Waals surface area contributed by atoms with E-state index in [1.165, 1.54) is 6.08 Å². The second-order valence-electron chi connectivity index (χ2n) is 9.27. The maximum absolute atomic E-state index is 13.4. The molecule has 0 saturated carbocycles. The predicted octanol–water partition coefficient (Wildman–Crippen LogP) is 4.23. The SMILES string of the molecule is COc1cc(Cc2cnc(N)nc2N)cc(/C=C/C(=O)N2N=Cc3ccccc3[C@H]2CC(C)C)c1OC. The van der Waals surface area contributed by atoms with Gasteiger partial charge in [0, 0.05) is 29.8 Å². The summed E-state index contributed by atoms with van der Waals surface area (Å²) in [5.74, 6) is 1.64. The average Bonchev–Trinajstić information content (AvgIpc) is 2.88. The zero-order valence-electron chi connectivity index (χ0n) is 21.5. The number of nitrogens with two attached hydrogens (primary N) is 2. The highest BCUT2D eigenvalue weighted by atomic mass is 16.5. The lowest BCUT2D eigenvalue weighted by Gasteiger charge is -2.32. The molecule has 9 heteroatoms. The van der Waals surface area contributed by atoms with Gasteiger partial charge in [-0.05, 0) is 47.2 Å². The summed E-state index contributed by atoms with van der Waals surface area (Å²) < 4.78 is 11.2. The first-order chi connectivity index (χ1) is 17.8. The van der Waals surface area contributed by atoms with Gasteiger partial charge in [0.2, 0.25) is 5.95 Å². The second-order valence-corrected chi connectivity index (χ2v) is 9.27. The third-order valence-electron chi connectivity index (χ3n) is 6.18. The largest absolute Gasteiger partial charge is 0.493 e. The van der Waals surface area contributed by atoms with E-state index in [0.717, 1.165) is 28.7 Å². The highest BCUT2D eigenvalue weighted by Crippen LogP contribution is 2.36. The summed E-state index contributed by atoms with van der Waals surface area (Å²) in [6.45, 7) is 4.28. The van der Waals surface area contributed by atoms with E-state index < -0.39 is 0 Å². The summed E-state index contributed by atoms with van der Waals surface area (Å²) in [6, 6.07) is 11.7. The number of hydrazone groups is 1. The molecule has 1 aliphatic heterocycles. The van der Waals surface area contributed by atoms with Gasteiger partial charge in [-0.3, -0.25) is 4.79 Å². The van der Waals surface area contributed by atoms with E-state index in [0.29, 0.717) is 35.2 Å². The molecule has 0 spiro atoms. The van der Waals surface area contributed by atoms with Gasteiger partial charge in [0.05, 0.1) is 26.5 Å². The molecule has 9 nitrogen and oxygen atoms in total. The van der Waals surface area contributed by atoms with Crippen molar-refractivity contribution >= 4 is 30.0 Å². The molecular weight excluding hydrogens is 468 g/mol. The topological polar surface area (TPSA) is 129 Å². The Hall–Kier alpha value is -4.40. The minimum atomic E-state index is -0.223. The van der Waals surface area contributed by atoms with Crippen molar-refractivity contribution in [2.75, 3.05) is 25.7 Å². The number of ether oxygens (including phenoxy) is 2. The number of benzene rings is 2. The molecule has 0 bridgehead atoms. The van der Waals surface area contributed by atoms with Gasteiger partial charge >= 0.3 is 0 Å². The average molecular weight is 501 g/mol. The molecule has 0 aliphatic carbocycles. The Bertz CT molecular complexity index is 1350. The molecule has 192 valence electrons. The lowest BCUT2D eigenvalue weighted by molar-refractivity contribution is -0.128. The Morgan fingerprint density at radius 2 is 1.95 bits per heavy atom. The van der Waals surface area contributed by atoms with Gasteiger partial charge in [0.1, 0.15) is 5.82 Å². The third-order valence-corrected chi connectivity index (χ3v) is 6.18. The number of nitrogens with zero attached hydrogens (tertiary/aromatic N) is 4. The lowest BCUT2D eigenvalue weighted by atomic mass is 9.92. The molecule has 2 aromatic carbocycles. The van der Waals surface area contributed by atoms with Crippen LogP contribution in [0, 0.1) is 5.92 Å². The fourth-order valence-electron chi connectivity index (χ4n) is 4.46. The number of rotatable bonds is 8. The number of carbonyl (C=O) groups is 1. The van der Waals surface area contributed by atoms with Gasteiger partial charge in [-0.2, -0.15) is 10.1 Å². The zero-order valence-corrected chi connectivity index (χ0v) is 21.5. The lowest BCUT2D eigenvalue weighted by Crippen LogP contribution is -2.33. The van der Waals surface area contributed by atoms with Crippen LogP contribution < -0.4 is 20.9 Å². The molecule has 1 aliphatic rings. The Labute approximate surface area is 216 Å². The zero-order chi connectivity index (χ0) is 26.5. The Morgan fingerprint density at radius 1 is 1.16 bits per heavy atom. The first-order valence-electron chi connectivity index (χ1n) is 12.1. The van der Waals surface area contributed by atoms with Crippen LogP contribution in [-0.4, -0.2) is 41.3 Å². The molecule has 37 heavy (non-hydrogen) atoms. The molecule has 1 atom stereocenters. The maximum atomic E-state index is 13.4. The van der Waals surface area contributed by atoms with Crippen molar-refractivity contribution in [3.8, 4) is 11.5 Å². The van der Waals surface area contributed by atoms with E-state index in [4.69, 9.17) is 20.9 Å². The van der Waals surface area contributed by atoms with E-state index in [1.807, 2.05) is 30.3 Å². The first kappa shape index (κ1) is 25.7. The smallest absolute Gasteiger partial charge is 0.267 e. The number of aromatic nitrogens is 2. The van der Waals surface area contributed by atoms with E-state index in [9.17, 15) is 4.79 Å². The van der Waals surface area contributed by atoms with E-state index in [1.54, 1.807) is 37.7 Å². The van der Waals surface area contributed by atoms with Gasteiger partial charge in [0.15, 0.2) is 11.5 Å². The molecule has 0 radical (unpaired) electrons. The van der Waals surface area contributed by atoms with Crippen LogP contribution in [0.15, 0.2) is 53.8 Å². The quantitative estimate of drug-likeness (QED) is 0.443. The molecule has 4 rings (SSSR count). The Morgan fingerprint density at radius 3 is 2.65 bits per heavy atom. The number of fused-ring (bicyclic) bond motifs is 1. The second kappa shape index (κ2) is 11.1. The molecule has 4 N–H and O–H groups in total. The highest BCUT2D eigenvalue weighted by Gasteiger charge is 2.29. The van der Waals surface area contributed by atoms with Crippen molar-refractivity contribution in [1.82, 2.24) is 15.0 Å². The summed E-state index contributed by atoms with van der Waals surface area (Å²) >= 11 is 0. The Balaban J connectivity index is 1.65. The van der Waals surface area contributed by atoms with Crippen molar-refractivity contribution in [1.29, 1.82) is 0 Å². The fraction of sp³-hybridized carbons (Fsp3) is 0.286. The molecule has 1 aromatic heterocycles. The molecule has 2 heterocycles. The summed E-state index contributed by atoms with van der Waals surface area (Å²) in [5, 5.41) is 6.05. The van der Waals surface area contributed by atoms with Crippen LogP contribution in [0.1, 0.15) is 54.1 Å². The van der Waals surface area contributed by atoms with Crippen LogP contribution in [0.4, 0.5) is 11.8 Å². The number of nitrogen functional groups attached to an aromatic ring is 2. The van der Waals surface area contributed by atoms with Gasteiger partial charge in [-0.15, -0.1) is 0 Å². The standard InChI is InChI=1S/C28H32N6O3/c1-17(2)11-23-22-8-6-5-7-20(22)16-32-34(23)25(35)10-9-19-12-18(14-24(36-3)26(19)37-4)13-21-15-31-28(30)33-27(21)29/h5-10,12,14-17,23H,11,13H2,1-4H3,(H4,29,30,31,33)/b10-9+/t23-/m1/s1. The molecule has 0 unspecified atom stereocenters. The molecule has 1 amide bonds. The van der Waals surface area contributed by atoms with Gasteiger partial charge in [-0.25, -0.2) is 9.99 Å². The number of hydrogen-bond donors (Lipinski definition) is 2. The number of amides is 1. The first-order valence-corrected chi connectivity index (χ1v) is 12.1. The normalized spacial score (nSPS) is 14.7. The van der Waals surface area contributed by atoms with E-state index >= 15 is 0 Å². The highest BCUT2D eigenvalue weighted by molar-refractivity contribution is 5.95. The van der Waals surface area contributed by atoms with Gasteiger partial charge in [0.25, 0.3) is 5.91 Å². The molecule has 0 saturated heterocycles. The number of carbonyl (C=O) groups excluding carboxylic acids is 1. The monoisotopic (exact) mass is 500 g/mol. The summed E-state index contributed by atoms with van der Waals surface area (Å²) in [6.07, 6.45) is 7.82. The van der Waals surface area contributed by atoms with E-state index in [-0.39, 0.29) is 17.9 Å². The van der Waals surface area contributed by atoms with Gasteiger partial charge < -0.3 is 20.9 Å². The van der Waals surface area contributed by atoms with Crippen LogP contribution in [0.2, 0.25) is 0 Å². The predicted molar refractivity (Wildman–Crippen MR) is 145 cm³/mol. The molecule has 0 fully saturated rings. The maximum Gasteiger partial charge on any atom is 0.267 e. The van der Waals surface area contributed by atoms with Crippen LogP contribution in [0.3, 0.4) is 0 Å². The summed E-state index contributed by atoms with van der Waals surface area (Å²) in [5.41, 5.74) is 16.1. The van der Waals surface area contributed by atoms with Crippen molar-refractivity contribution < 1.29 is 14.3 Å². The van der Waals surface area contributed by atoms with Crippen molar-refractivity contribution in [2.45, 2.75) is 32.7 Å². The van der Waals surface area contributed by atoms with Gasteiger partial charge in [-0.1, -0.05) is 38.1 Å². The van der Waals surface area contributed by atoms with Crippen LogP contribution in [0.25, 0.3) is 6.08 Å². The number of anilines is 2. The fourth-order valence-corrected chi connectivity index (χ4v) is 4.46. The number of methoxy groups -OCH3 is 2. The minimum absolute atomic E-state index is 0.120. The van der Waals surface area contributed by atoms with Crippen LogP contribution in [-0.2, 0) is 11.2 Å². The van der Waals surface area contributed by atoms with Crippen LogP contribution in [0.5, 0.6) is 11.5 Å². The summed E-state index contributed by atoms with van der Waals surface area (Å²) in [4.78, 5) is 21.5. The van der Waals surface area contributed by atoms with E-state index in [2.05, 4.69) is 35.0 Å². The van der Waals surface area contributed by atoms with Crippen molar-refractivity contribution in [3.05, 3.63) is 76.5 Å². The molecule has 3 aromatic rings. The van der Waals surface area contributed by atoms with Crippen molar-refractivity contribution in [3.63, 3.8) is 0 Å².